The number of anilines is 2. The molecule has 0 aliphatic carbocycles. The summed E-state index contributed by atoms with van der Waals surface area (Å²) in [6, 6.07) is 11.8. The summed E-state index contributed by atoms with van der Waals surface area (Å²) in [6.07, 6.45) is 3.06. The van der Waals surface area contributed by atoms with Gasteiger partial charge in [-0.05, 0) is 35.9 Å². The first-order valence-electron chi connectivity index (χ1n) is 7.19. The minimum absolute atomic E-state index is 0.136. The predicted molar refractivity (Wildman–Crippen MR) is 91.6 cm³/mol. The van der Waals surface area contributed by atoms with Gasteiger partial charge < -0.3 is 15.7 Å². The Morgan fingerprint density at radius 1 is 1.26 bits per heavy atom. The zero-order valence-corrected chi connectivity index (χ0v) is 12.9. The first-order valence-corrected chi connectivity index (χ1v) is 7.19. The standard InChI is InChI=1S/C18H19FN2O2/c1-21(11-10-19)15-6-2-13(3-7-15)4-9-17(22)16-8-5-14(20)12-18(16)23/h2-9,12,23H,10-11,20H2,1H3/b9-4+. The Morgan fingerprint density at radius 3 is 2.57 bits per heavy atom. The third-order valence-electron chi connectivity index (χ3n) is 3.47. The molecule has 0 aliphatic rings. The van der Waals surface area contributed by atoms with Gasteiger partial charge in [0.2, 0.25) is 0 Å². The van der Waals surface area contributed by atoms with Crippen LogP contribution >= 0.6 is 0 Å². The van der Waals surface area contributed by atoms with E-state index in [2.05, 4.69) is 0 Å². The monoisotopic (exact) mass is 314 g/mol. The number of aromatic hydroxyl groups is 1. The molecule has 23 heavy (non-hydrogen) atoms. The van der Waals surface area contributed by atoms with Crippen molar-refractivity contribution in [3.05, 3.63) is 59.7 Å². The molecule has 0 atom stereocenters. The summed E-state index contributed by atoms with van der Waals surface area (Å²) in [4.78, 5) is 13.9. The fourth-order valence-corrected chi connectivity index (χ4v) is 2.11. The zero-order valence-electron chi connectivity index (χ0n) is 12.9. The smallest absolute Gasteiger partial charge is 0.189 e. The molecule has 0 fully saturated rings. The summed E-state index contributed by atoms with van der Waals surface area (Å²) in [7, 11) is 1.82. The summed E-state index contributed by atoms with van der Waals surface area (Å²) in [6.45, 7) is -0.0676. The predicted octanol–water partition coefficient (Wildman–Crippen LogP) is 3.28. The number of nitrogens with zero attached hydrogens (tertiary/aromatic N) is 1. The SMILES string of the molecule is CN(CCF)c1ccc(/C=C/C(=O)c2ccc(N)cc2O)cc1. The lowest BCUT2D eigenvalue weighted by molar-refractivity contribution is 0.104. The maximum Gasteiger partial charge on any atom is 0.189 e. The Labute approximate surface area is 134 Å². The van der Waals surface area contributed by atoms with Crippen LogP contribution in [0.15, 0.2) is 48.5 Å². The molecule has 0 spiro atoms. The summed E-state index contributed by atoms with van der Waals surface area (Å²) < 4.78 is 12.3. The van der Waals surface area contributed by atoms with Crippen LogP contribution in [-0.4, -0.2) is 31.2 Å². The van der Waals surface area contributed by atoms with E-state index in [0.717, 1.165) is 11.3 Å². The van der Waals surface area contributed by atoms with Gasteiger partial charge in [-0.2, -0.15) is 0 Å². The quantitative estimate of drug-likeness (QED) is 0.488. The van der Waals surface area contributed by atoms with Crippen LogP contribution in [0.25, 0.3) is 6.08 Å². The van der Waals surface area contributed by atoms with Crippen molar-refractivity contribution in [2.45, 2.75) is 0 Å². The molecule has 0 saturated heterocycles. The largest absolute Gasteiger partial charge is 0.507 e. The van der Waals surface area contributed by atoms with E-state index in [-0.39, 0.29) is 17.1 Å². The van der Waals surface area contributed by atoms with E-state index in [1.165, 1.54) is 18.2 Å². The summed E-state index contributed by atoms with van der Waals surface area (Å²) in [5.74, 6) is -0.441. The Morgan fingerprint density at radius 2 is 1.96 bits per heavy atom. The van der Waals surface area contributed by atoms with E-state index in [9.17, 15) is 14.3 Å². The Kier molecular flexibility index (Phi) is 5.36. The number of alkyl halides is 1. The third kappa shape index (κ3) is 4.32. The number of nitrogens with two attached hydrogens (primary N) is 1. The van der Waals surface area contributed by atoms with E-state index in [1.807, 2.05) is 36.2 Å². The minimum Gasteiger partial charge on any atom is -0.507 e. The lowest BCUT2D eigenvalue weighted by Gasteiger charge is -2.17. The van der Waals surface area contributed by atoms with Crippen LogP contribution in [0.3, 0.4) is 0 Å². The van der Waals surface area contributed by atoms with Crippen molar-refractivity contribution in [3.8, 4) is 5.75 Å². The van der Waals surface area contributed by atoms with Crippen LogP contribution in [0.1, 0.15) is 15.9 Å². The van der Waals surface area contributed by atoms with E-state index in [4.69, 9.17) is 5.73 Å². The second-order valence-corrected chi connectivity index (χ2v) is 5.18. The number of phenolic OH excluding ortho intramolecular Hbond substituents is 1. The van der Waals surface area contributed by atoms with Gasteiger partial charge in [-0.3, -0.25) is 4.79 Å². The first-order chi connectivity index (χ1) is 11.0. The normalized spacial score (nSPS) is 10.9. The summed E-state index contributed by atoms with van der Waals surface area (Å²) in [5.41, 5.74) is 7.88. The highest BCUT2D eigenvalue weighted by molar-refractivity contribution is 6.08. The Hall–Kier alpha value is -2.82. The molecule has 0 aliphatic heterocycles. The third-order valence-corrected chi connectivity index (χ3v) is 3.47. The molecule has 5 heteroatoms. The number of phenols is 1. The van der Waals surface area contributed by atoms with Crippen LogP contribution < -0.4 is 10.6 Å². The van der Waals surface area contributed by atoms with Gasteiger partial charge in [-0.25, -0.2) is 4.39 Å². The lowest BCUT2D eigenvalue weighted by Crippen LogP contribution is -2.19. The number of allylic oxidation sites excluding steroid dienone is 1. The molecular formula is C18H19FN2O2. The highest BCUT2D eigenvalue weighted by atomic mass is 19.1. The molecule has 4 nitrogen and oxygen atoms in total. The molecule has 2 aromatic carbocycles. The van der Waals surface area contributed by atoms with E-state index in [0.29, 0.717) is 12.2 Å². The minimum atomic E-state index is -0.405. The number of ketones is 1. The van der Waals surface area contributed by atoms with Gasteiger partial charge in [0.15, 0.2) is 5.78 Å². The molecule has 3 N–H and O–H groups in total. The molecule has 120 valence electrons. The van der Waals surface area contributed by atoms with Crippen LogP contribution in [0.5, 0.6) is 5.75 Å². The van der Waals surface area contributed by atoms with Crippen LogP contribution in [0.4, 0.5) is 15.8 Å². The lowest BCUT2D eigenvalue weighted by atomic mass is 10.1. The number of carbonyl (C=O) groups is 1. The van der Waals surface area contributed by atoms with Crippen LogP contribution in [0.2, 0.25) is 0 Å². The first kappa shape index (κ1) is 16.5. The average molecular weight is 314 g/mol. The number of nitrogen functional groups attached to an aromatic ring is 1. The molecule has 2 aromatic rings. The second kappa shape index (κ2) is 7.45. The summed E-state index contributed by atoms with van der Waals surface area (Å²) in [5, 5.41) is 9.74. The number of hydrogen-bond donors (Lipinski definition) is 2. The molecule has 0 saturated carbocycles. The maximum atomic E-state index is 12.3. The van der Waals surface area contributed by atoms with Gasteiger partial charge in [0.25, 0.3) is 0 Å². The van der Waals surface area contributed by atoms with Crippen molar-refractivity contribution in [3.63, 3.8) is 0 Å². The fourth-order valence-electron chi connectivity index (χ4n) is 2.11. The number of rotatable bonds is 6. The van der Waals surface area contributed by atoms with E-state index < -0.39 is 6.67 Å². The molecule has 0 radical (unpaired) electrons. The average Bonchev–Trinajstić information content (AvgIpc) is 2.53. The number of hydrogen-bond acceptors (Lipinski definition) is 4. The van der Waals surface area contributed by atoms with Crippen LogP contribution in [0, 0.1) is 0 Å². The molecular weight excluding hydrogens is 295 g/mol. The molecule has 2 rings (SSSR count). The van der Waals surface area contributed by atoms with Crippen molar-refractivity contribution in [1.82, 2.24) is 0 Å². The van der Waals surface area contributed by atoms with Crippen molar-refractivity contribution in [2.24, 2.45) is 0 Å². The van der Waals surface area contributed by atoms with Gasteiger partial charge >= 0.3 is 0 Å². The topological polar surface area (TPSA) is 66.6 Å². The van der Waals surface area contributed by atoms with Gasteiger partial charge in [0.05, 0.1) is 5.56 Å². The van der Waals surface area contributed by atoms with Crippen molar-refractivity contribution >= 4 is 23.2 Å². The Bertz CT molecular complexity index is 711. The summed E-state index contributed by atoms with van der Waals surface area (Å²) >= 11 is 0. The van der Waals surface area contributed by atoms with Crippen LogP contribution in [-0.2, 0) is 0 Å². The fraction of sp³-hybridized carbons (Fsp3) is 0.167. The highest BCUT2D eigenvalue weighted by Crippen LogP contribution is 2.21. The maximum absolute atomic E-state index is 12.3. The van der Waals surface area contributed by atoms with Crippen molar-refractivity contribution in [2.75, 3.05) is 30.9 Å². The number of carbonyl (C=O) groups excluding carboxylic acids is 1. The Balaban J connectivity index is 2.09. The second-order valence-electron chi connectivity index (χ2n) is 5.18. The van der Waals surface area contributed by atoms with Crippen molar-refractivity contribution in [1.29, 1.82) is 0 Å². The van der Waals surface area contributed by atoms with E-state index >= 15 is 0 Å². The molecule has 0 aromatic heterocycles. The molecule has 0 amide bonds. The van der Waals surface area contributed by atoms with Gasteiger partial charge in [-0.15, -0.1) is 0 Å². The number of benzene rings is 2. The highest BCUT2D eigenvalue weighted by Gasteiger charge is 2.08. The van der Waals surface area contributed by atoms with Gasteiger partial charge in [0, 0.05) is 31.0 Å². The van der Waals surface area contributed by atoms with E-state index in [1.54, 1.807) is 12.1 Å². The number of halogens is 1. The molecule has 0 heterocycles. The molecule has 0 bridgehead atoms. The van der Waals surface area contributed by atoms with Gasteiger partial charge in [-0.1, -0.05) is 18.2 Å². The van der Waals surface area contributed by atoms with Gasteiger partial charge in [0.1, 0.15) is 12.4 Å². The van der Waals surface area contributed by atoms with Crippen molar-refractivity contribution < 1.29 is 14.3 Å². The molecule has 0 unspecified atom stereocenters. The zero-order chi connectivity index (χ0) is 16.8.